The van der Waals surface area contributed by atoms with Crippen molar-refractivity contribution in [3.05, 3.63) is 27.8 Å². The minimum absolute atomic E-state index is 0.150. The number of nitriles is 1. The second-order valence-electron chi connectivity index (χ2n) is 5.30. The summed E-state index contributed by atoms with van der Waals surface area (Å²) >= 11 is 1.07. The number of hydrogen-bond acceptors (Lipinski definition) is 8. The van der Waals surface area contributed by atoms with Crippen LogP contribution in [-0.2, 0) is 4.79 Å². The van der Waals surface area contributed by atoms with E-state index in [-0.39, 0.29) is 17.9 Å². The van der Waals surface area contributed by atoms with Gasteiger partial charge in [0.1, 0.15) is 5.92 Å². The quantitative estimate of drug-likeness (QED) is 0.332. The SMILES string of the molecule is CCN(CC)C(=O)C(C#N)C(SCCO)c1cc(O)c(O)c([N+](=O)[O-])c1. The van der Waals surface area contributed by atoms with Crippen LogP contribution in [-0.4, -0.2) is 56.5 Å². The van der Waals surface area contributed by atoms with Crippen molar-refractivity contribution in [2.45, 2.75) is 19.1 Å². The Morgan fingerprint density at radius 1 is 1.38 bits per heavy atom. The van der Waals surface area contributed by atoms with Crippen molar-refractivity contribution in [2.24, 2.45) is 5.92 Å². The number of phenols is 2. The molecule has 2 atom stereocenters. The molecular weight excluding hydrogens is 362 g/mol. The molecule has 0 saturated carbocycles. The van der Waals surface area contributed by atoms with E-state index >= 15 is 0 Å². The van der Waals surface area contributed by atoms with Crippen LogP contribution in [0.4, 0.5) is 5.69 Å². The van der Waals surface area contributed by atoms with Gasteiger partial charge in [-0.2, -0.15) is 5.26 Å². The number of carbonyl (C=O) groups excluding carboxylic acids is 1. The van der Waals surface area contributed by atoms with Crippen LogP contribution in [0.25, 0.3) is 0 Å². The summed E-state index contributed by atoms with van der Waals surface area (Å²) in [5.41, 5.74) is -0.570. The van der Waals surface area contributed by atoms with Gasteiger partial charge < -0.3 is 20.2 Å². The van der Waals surface area contributed by atoms with E-state index in [1.54, 1.807) is 13.8 Å². The number of carbonyl (C=O) groups is 1. The number of rotatable bonds is 9. The number of aliphatic hydroxyl groups excluding tert-OH is 1. The van der Waals surface area contributed by atoms with E-state index in [0.717, 1.165) is 23.9 Å². The van der Waals surface area contributed by atoms with Crippen LogP contribution in [0.15, 0.2) is 12.1 Å². The summed E-state index contributed by atoms with van der Waals surface area (Å²) in [5.74, 6) is -3.02. The molecule has 0 spiro atoms. The average Bonchev–Trinajstić information content (AvgIpc) is 2.61. The van der Waals surface area contributed by atoms with E-state index in [2.05, 4.69) is 0 Å². The Hall–Kier alpha value is -2.51. The summed E-state index contributed by atoms with van der Waals surface area (Å²) in [6.07, 6.45) is 0. The van der Waals surface area contributed by atoms with Gasteiger partial charge in [0.2, 0.25) is 11.7 Å². The number of benzene rings is 1. The van der Waals surface area contributed by atoms with Gasteiger partial charge in [-0.25, -0.2) is 0 Å². The number of thioether (sulfide) groups is 1. The summed E-state index contributed by atoms with van der Waals surface area (Å²) in [6, 6.07) is 4.06. The minimum atomic E-state index is -1.17. The molecule has 0 aliphatic carbocycles. The summed E-state index contributed by atoms with van der Waals surface area (Å²) in [4.78, 5) is 24.4. The number of phenolic OH excluding ortho intramolecular Hbond substituents is 2. The van der Waals surface area contributed by atoms with Crippen LogP contribution in [0.1, 0.15) is 24.7 Å². The molecule has 142 valence electrons. The fraction of sp³-hybridized carbons (Fsp3) is 0.500. The highest BCUT2D eigenvalue weighted by Gasteiger charge is 2.34. The lowest BCUT2D eigenvalue weighted by molar-refractivity contribution is -0.386. The maximum atomic E-state index is 12.7. The molecule has 0 aliphatic heterocycles. The lowest BCUT2D eigenvalue weighted by Gasteiger charge is -2.27. The van der Waals surface area contributed by atoms with Crippen molar-refractivity contribution in [1.29, 1.82) is 5.26 Å². The second-order valence-corrected chi connectivity index (χ2v) is 6.55. The molecule has 0 saturated heterocycles. The highest BCUT2D eigenvalue weighted by molar-refractivity contribution is 7.99. The number of nitro groups is 1. The first-order chi connectivity index (χ1) is 12.3. The zero-order chi connectivity index (χ0) is 19.9. The molecular formula is C16H21N3O6S. The van der Waals surface area contributed by atoms with Gasteiger partial charge in [-0.1, -0.05) is 0 Å². The number of aromatic hydroxyl groups is 2. The van der Waals surface area contributed by atoms with Gasteiger partial charge in [-0.05, 0) is 25.5 Å². The fourth-order valence-corrected chi connectivity index (χ4v) is 3.54. The van der Waals surface area contributed by atoms with Gasteiger partial charge in [0, 0.05) is 24.9 Å². The molecule has 0 aromatic heterocycles. The Kier molecular flexibility index (Phi) is 8.15. The third-order valence-electron chi connectivity index (χ3n) is 3.79. The van der Waals surface area contributed by atoms with Gasteiger partial charge in [0.15, 0.2) is 5.75 Å². The predicted molar refractivity (Wildman–Crippen MR) is 95.7 cm³/mol. The van der Waals surface area contributed by atoms with Crippen LogP contribution < -0.4 is 0 Å². The molecule has 0 heterocycles. The van der Waals surface area contributed by atoms with E-state index < -0.39 is 39.2 Å². The Balaban J connectivity index is 3.43. The third-order valence-corrected chi connectivity index (χ3v) is 5.11. The van der Waals surface area contributed by atoms with Gasteiger partial charge in [0.25, 0.3) is 0 Å². The van der Waals surface area contributed by atoms with E-state index in [0.29, 0.717) is 13.1 Å². The Morgan fingerprint density at radius 2 is 2.00 bits per heavy atom. The number of amides is 1. The van der Waals surface area contributed by atoms with E-state index in [4.69, 9.17) is 5.11 Å². The van der Waals surface area contributed by atoms with Crippen LogP contribution in [0.2, 0.25) is 0 Å². The maximum absolute atomic E-state index is 12.7. The molecule has 0 bridgehead atoms. The first-order valence-electron chi connectivity index (χ1n) is 7.93. The summed E-state index contributed by atoms with van der Waals surface area (Å²) in [6.45, 7) is 4.11. The molecule has 2 unspecified atom stereocenters. The lowest BCUT2D eigenvalue weighted by Crippen LogP contribution is -2.37. The monoisotopic (exact) mass is 383 g/mol. The van der Waals surface area contributed by atoms with Crippen molar-refractivity contribution in [2.75, 3.05) is 25.4 Å². The molecule has 1 aromatic rings. The second kappa shape index (κ2) is 9.84. The smallest absolute Gasteiger partial charge is 0.314 e. The molecule has 1 amide bonds. The average molecular weight is 383 g/mol. The Labute approximate surface area is 155 Å². The zero-order valence-electron chi connectivity index (χ0n) is 14.5. The van der Waals surface area contributed by atoms with E-state index in [1.165, 1.54) is 4.90 Å². The zero-order valence-corrected chi connectivity index (χ0v) is 15.3. The van der Waals surface area contributed by atoms with Gasteiger partial charge in [-0.15, -0.1) is 11.8 Å². The van der Waals surface area contributed by atoms with E-state index in [1.807, 2.05) is 6.07 Å². The first kappa shape index (κ1) is 21.5. The van der Waals surface area contributed by atoms with Crippen molar-refractivity contribution in [1.82, 2.24) is 4.90 Å². The minimum Gasteiger partial charge on any atom is -0.504 e. The largest absolute Gasteiger partial charge is 0.504 e. The molecule has 1 aromatic carbocycles. The summed E-state index contributed by atoms with van der Waals surface area (Å²) in [5, 5.41) is 48.3. The number of aliphatic hydroxyl groups is 1. The molecule has 0 aliphatic rings. The fourth-order valence-electron chi connectivity index (χ4n) is 2.48. The van der Waals surface area contributed by atoms with Crippen molar-refractivity contribution in [3.63, 3.8) is 0 Å². The van der Waals surface area contributed by atoms with Crippen LogP contribution in [0, 0.1) is 27.4 Å². The van der Waals surface area contributed by atoms with Crippen LogP contribution in [0.5, 0.6) is 11.5 Å². The highest BCUT2D eigenvalue weighted by Crippen LogP contribution is 2.43. The Bertz CT molecular complexity index is 702. The van der Waals surface area contributed by atoms with Gasteiger partial charge in [0.05, 0.1) is 22.8 Å². The molecule has 10 heteroatoms. The van der Waals surface area contributed by atoms with Gasteiger partial charge >= 0.3 is 5.69 Å². The molecule has 0 fully saturated rings. The van der Waals surface area contributed by atoms with Crippen molar-refractivity contribution >= 4 is 23.4 Å². The Morgan fingerprint density at radius 3 is 2.46 bits per heavy atom. The highest BCUT2D eigenvalue weighted by atomic mass is 32.2. The number of hydrogen-bond donors (Lipinski definition) is 3. The lowest BCUT2D eigenvalue weighted by atomic mass is 9.97. The van der Waals surface area contributed by atoms with Crippen LogP contribution >= 0.6 is 11.8 Å². The van der Waals surface area contributed by atoms with Crippen molar-refractivity contribution < 1.29 is 25.0 Å². The standard InChI is InChI=1S/C16H21N3O6S/c1-3-18(4-2)16(23)11(9-17)15(26-6-5-20)10-7-12(19(24)25)14(22)13(21)8-10/h7-8,11,15,20-22H,3-6H2,1-2H3. The molecule has 0 radical (unpaired) electrons. The predicted octanol–water partition coefficient (Wildman–Crippen LogP) is 1.78. The summed E-state index contributed by atoms with van der Waals surface area (Å²) < 4.78 is 0. The summed E-state index contributed by atoms with van der Waals surface area (Å²) in [7, 11) is 0. The molecule has 26 heavy (non-hydrogen) atoms. The molecule has 9 nitrogen and oxygen atoms in total. The van der Waals surface area contributed by atoms with Crippen LogP contribution in [0.3, 0.4) is 0 Å². The number of nitro benzene ring substituents is 1. The normalized spacial score (nSPS) is 12.8. The third kappa shape index (κ3) is 4.77. The van der Waals surface area contributed by atoms with Gasteiger partial charge in [-0.3, -0.25) is 14.9 Å². The molecule has 3 N–H and O–H groups in total. The van der Waals surface area contributed by atoms with E-state index in [9.17, 15) is 30.4 Å². The maximum Gasteiger partial charge on any atom is 0.314 e. The molecule has 1 rings (SSSR count). The first-order valence-corrected chi connectivity index (χ1v) is 8.98. The number of nitrogens with zero attached hydrogens (tertiary/aromatic N) is 3. The topological polar surface area (TPSA) is 148 Å². The van der Waals surface area contributed by atoms with Crippen molar-refractivity contribution in [3.8, 4) is 17.6 Å².